The molecule has 0 bridgehead atoms. The molecule has 1 N–H and O–H groups in total. The highest BCUT2D eigenvalue weighted by molar-refractivity contribution is 9.09. The van der Waals surface area contributed by atoms with Crippen LogP contribution in [0.2, 0.25) is 0 Å². The minimum Gasteiger partial charge on any atom is -0.382 e. The lowest BCUT2D eigenvalue weighted by atomic mass is 10.0. The molecule has 0 heterocycles. The molecule has 0 radical (unpaired) electrons. The largest absolute Gasteiger partial charge is 0.382 e. The summed E-state index contributed by atoms with van der Waals surface area (Å²) in [6.07, 6.45) is 26.3. The predicted octanol–water partition coefficient (Wildman–Crippen LogP) is 8.13. The Morgan fingerprint density at radius 1 is 0.522 bits per heavy atom. The number of hydrogen-bond donors (Lipinski definition) is 1. The van der Waals surface area contributed by atoms with Gasteiger partial charge in [-0.3, -0.25) is 0 Å². The van der Waals surface area contributed by atoms with Crippen LogP contribution >= 0.6 is 15.9 Å². The van der Waals surface area contributed by atoms with E-state index in [1.54, 1.807) is 0 Å². The Morgan fingerprint density at radius 2 is 0.783 bits per heavy atom. The van der Waals surface area contributed by atoms with Gasteiger partial charge in [0.15, 0.2) is 0 Å². The van der Waals surface area contributed by atoms with Gasteiger partial charge >= 0.3 is 0 Å². The smallest absolute Gasteiger partial charge is 0.109 e. The molecule has 0 aromatic carbocycles. The number of alkyl halides is 1. The number of aliphatic hydroxyl groups excluding tert-OH is 1. The van der Waals surface area contributed by atoms with E-state index in [2.05, 4.69) is 22.9 Å². The molecule has 0 rings (SSSR count). The topological polar surface area (TPSA) is 20.2 Å². The van der Waals surface area contributed by atoms with Gasteiger partial charge in [0.2, 0.25) is 0 Å². The van der Waals surface area contributed by atoms with Gasteiger partial charge in [0.05, 0.1) is 0 Å². The van der Waals surface area contributed by atoms with E-state index < -0.39 is 0 Å². The molecule has 140 valence electrons. The normalized spacial score (nSPS) is 12.7. The fraction of sp³-hybridized carbons (Fsp3) is 1.00. The van der Waals surface area contributed by atoms with Crippen LogP contribution in [0.25, 0.3) is 0 Å². The summed E-state index contributed by atoms with van der Waals surface area (Å²) in [4.78, 5) is 0. The minimum atomic E-state index is -0.288. The molecule has 0 aliphatic carbocycles. The van der Waals surface area contributed by atoms with Gasteiger partial charge in [0.25, 0.3) is 0 Å². The second kappa shape index (κ2) is 20.5. The fourth-order valence-electron chi connectivity index (χ4n) is 3.21. The van der Waals surface area contributed by atoms with Crippen LogP contribution in [0.4, 0.5) is 0 Å². The summed E-state index contributed by atoms with van der Waals surface area (Å²) in [5.41, 5.74) is 0. The van der Waals surface area contributed by atoms with Crippen LogP contribution in [-0.2, 0) is 0 Å². The lowest BCUT2D eigenvalue weighted by molar-refractivity contribution is 0.254. The number of halogens is 1. The molecule has 0 spiro atoms. The molecular weight excluding hydrogens is 348 g/mol. The molecular formula is C21H43BrO. The van der Waals surface area contributed by atoms with E-state index in [0.29, 0.717) is 0 Å². The summed E-state index contributed by atoms with van der Waals surface area (Å²) < 4.78 is 0. The predicted molar refractivity (Wildman–Crippen MR) is 108 cm³/mol. The third-order valence-corrected chi connectivity index (χ3v) is 5.25. The fourth-order valence-corrected chi connectivity index (χ4v) is 3.54. The van der Waals surface area contributed by atoms with Gasteiger partial charge in [-0.15, -0.1) is 0 Å². The Morgan fingerprint density at radius 3 is 1.04 bits per heavy atom. The van der Waals surface area contributed by atoms with Crippen LogP contribution in [0, 0.1) is 0 Å². The maximum atomic E-state index is 9.10. The molecule has 1 atom stereocenters. The molecule has 0 saturated carbocycles. The van der Waals surface area contributed by atoms with Crippen LogP contribution in [0.3, 0.4) is 0 Å². The van der Waals surface area contributed by atoms with Gasteiger partial charge in [-0.05, 0) is 12.8 Å². The highest BCUT2D eigenvalue weighted by Crippen LogP contribution is 2.15. The van der Waals surface area contributed by atoms with Crippen molar-refractivity contribution in [1.29, 1.82) is 0 Å². The number of hydrogen-bond acceptors (Lipinski definition) is 1. The Labute approximate surface area is 155 Å². The summed E-state index contributed by atoms with van der Waals surface area (Å²) in [5, 5.41) is 8.82. The second-order valence-electron chi connectivity index (χ2n) is 7.23. The monoisotopic (exact) mass is 390 g/mol. The highest BCUT2D eigenvalue weighted by atomic mass is 79.9. The summed E-state index contributed by atoms with van der Waals surface area (Å²) in [6, 6.07) is 0. The van der Waals surface area contributed by atoms with Crippen molar-refractivity contribution in [2.75, 3.05) is 0 Å². The third kappa shape index (κ3) is 22.4. The van der Waals surface area contributed by atoms with Crippen molar-refractivity contribution in [2.45, 2.75) is 134 Å². The molecule has 23 heavy (non-hydrogen) atoms. The lowest BCUT2D eigenvalue weighted by Crippen LogP contribution is -1.93. The summed E-state index contributed by atoms with van der Waals surface area (Å²) >= 11 is 3.18. The minimum absolute atomic E-state index is 0.288. The zero-order valence-electron chi connectivity index (χ0n) is 15.8. The first-order chi connectivity index (χ1) is 11.3. The number of unbranched alkanes of at least 4 members (excludes halogenated alkanes) is 17. The van der Waals surface area contributed by atoms with Crippen LogP contribution in [-0.4, -0.2) is 10.1 Å². The second-order valence-corrected chi connectivity index (χ2v) is 8.29. The van der Waals surface area contributed by atoms with E-state index in [1.807, 2.05) is 0 Å². The zero-order chi connectivity index (χ0) is 17.0. The first kappa shape index (κ1) is 23.4. The van der Waals surface area contributed by atoms with Gasteiger partial charge in [0, 0.05) is 0 Å². The quantitative estimate of drug-likeness (QED) is 0.174. The maximum absolute atomic E-state index is 9.10. The van der Waals surface area contributed by atoms with Gasteiger partial charge < -0.3 is 5.11 Å². The standard InChI is InChI=1S/C21H43BrO/c1-2-3-4-5-6-7-8-9-10-11-12-13-14-15-16-17-18-19-20-21(22)23/h21,23H,2-20H2,1H3. The summed E-state index contributed by atoms with van der Waals surface area (Å²) in [6.45, 7) is 2.29. The Bertz CT molecular complexity index is 206. The Balaban J connectivity index is 2.95. The molecule has 0 aromatic rings. The number of rotatable bonds is 19. The van der Waals surface area contributed by atoms with Crippen molar-refractivity contribution in [3.05, 3.63) is 0 Å². The van der Waals surface area contributed by atoms with Crippen molar-refractivity contribution in [1.82, 2.24) is 0 Å². The van der Waals surface area contributed by atoms with E-state index >= 15 is 0 Å². The lowest BCUT2D eigenvalue weighted by Gasteiger charge is -2.04. The van der Waals surface area contributed by atoms with E-state index in [1.165, 1.54) is 109 Å². The Kier molecular flexibility index (Phi) is 20.9. The average Bonchev–Trinajstić information content (AvgIpc) is 2.53. The molecule has 0 aromatic heterocycles. The van der Waals surface area contributed by atoms with E-state index in [0.717, 1.165) is 12.8 Å². The molecule has 0 saturated heterocycles. The summed E-state index contributed by atoms with van der Waals surface area (Å²) in [7, 11) is 0. The van der Waals surface area contributed by atoms with Crippen molar-refractivity contribution in [3.8, 4) is 0 Å². The van der Waals surface area contributed by atoms with Crippen LogP contribution in [0.15, 0.2) is 0 Å². The van der Waals surface area contributed by atoms with Crippen molar-refractivity contribution < 1.29 is 5.11 Å². The SMILES string of the molecule is CCCCCCCCCCCCCCCCCCCCC(O)Br. The first-order valence-electron chi connectivity index (χ1n) is 10.6. The molecule has 0 fully saturated rings. The third-order valence-electron chi connectivity index (χ3n) is 4.80. The molecule has 0 amide bonds. The van der Waals surface area contributed by atoms with Gasteiger partial charge in [-0.2, -0.15) is 0 Å². The molecule has 0 aliphatic heterocycles. The maximum Gasteiger partial charge on any atom is 0.109 e. The highest BCUT2D eigenvalue weighted by Gasteiger charge is 1.97. The van der Waals surface area contributed by atoms with Gasteiger partial charge in [-0.25, -0.2) is 0 Å². The van der Waals surface area contributed by atoms with Crippen molar-refractivity contribution >= 4 is 15.9 Å². The Hall–Kier alpha value is 0.440. The van der Waals surface area contributed by atoms with E-state index in [9.17, 15) is 0 Å². The van der Waals surface area contributed by atoms with Crippen LogP contribution in [0.1, 0.15) is 129 Å². The molecule has 2 heteroatoms. The average molecular weight is 391 g/mol. The zero-order valence-corrected chi connectivity index (χ0v) is 17.4. The molecule has 1 nitrogen and oxygen atoms in total. The molecule has 1 unspecified atom stereocenters. The molecule has 0 aliphatic rings. The van der Waals surface area contributed by atoms with Crippen LogP contribution in [0.5, 0.6) is 0 Å². The first-order valence-corrected chi connectivity index (χ1v) is 11.5. The van der Waals surface area contributed by atoms with Crippen LogP contribution < -0.4 is 0 Å². The van der Waals surface area contributed by atoms with Gasteiger partial charge in [0.1, 0.15) is 5.01 Å². The summed E-state index contributed by atoms with van der Waals surface area (Å²) in [5.74, 6) is 0. The van der Waals surface area contributed by atoms with E-state index in [-0.39, 0.29) is 5.01 Å². The number of aliphatic hydroxyl groups is 1. The van der Waals surface area contributed by atoms with Gasteiger partial charge in [-0.1, -0.05) is 132 Å². The van der Waals surface area contributed by atoms with Crippen molar-refractivity contribution in [2.24, 2.45) is 0 Å². The van der Waals surface area contributed by atoms with Crippen molar-refractivity contribution in [3.63, 3.8) is 0 Å². The van der Waals surface area contributed by atoms with E-state index in [4.69, 9.17) is 5.11 Å².